The molecule has 0 heterocycles. The van der Waals surface area contributed by atoms with Crippen molar-refractivity contribution in [2.45, 2.75) is 18.7 Å². The lowest BCUT2D eigenvalue weighted by molar-refractivity contribution is 0.600. The second-order valence-electron chi connectivity index (χ2n) is 4.83. The lowest BCUT2D eigenvalue weighted by Crippen LogP contribution is -2.19. The summed E-state index contributed by atoms with van der Waals surface area (Å²) in [4.78, 5) is 0.214. The minimum absolute atomic E-state index is 0.186. The van der Waals surface area contributed by atoms with Crippen molar-refractivity contribution in [3.8, 4) is 0 Å². The normalized spacial score (nSPS) is 11.1. The van der Waals surface area contributed by atoms with Gasteiger partial charge in [-0.3, -0.25) is 10.1 Å². The minimum atomic E-state index is -3.72. The summed E-state index contributed by atoms with van der Waals surface area (Å²) in [6.45, 7) is 3.65. The molecular formula is C15H17N3O2S. The predicted octanol–water partition coefficient (Wildman–Crippen LogP) is 2.39. The summed E-state index contributed by atoms with van der Waals surface area (Å²) >= 11 is 0. The van der Waals surface area contributed by atoms with Crippen molar-refractivity contribution in [1.29, 1.82) is 5.41 Å². The number of hydrogen-bond acceptors (Lipinski definition) is 3. The lowest BCUT2D eigenvalue weighted by Gasteiger charge is -2.13. The Morgan fingerprint density at radius 2 is 1.81 bits per heavy atom. The molecule has 0 saturated heterocycles. The van der Waals surface area contributed by atoms with E-state index >= 15 is 0 Å². The van der Waals surface area contributed by atoms with Crippen molar-refractivity contribution in [2.75, 3.05) is 4.72 Å². The van der Waals surface area contributed by atoms with Crippen molar-refractivity contribution in [1.82, 2.24) is 0 Å². The van der Waals surface area contributed by atoms with Gasteiger partial charge in [-0.05, 0) is 37.6 Å². The van der Waals surface area contributed by atoms with E-state index in [2.05, 4.69) is 4.72 Å². The van der Waals surface area contributed by atoms with Gasteiger partial charge < -0.3 is 5.73 Å². The molecule has 0 spiro atoms. The number of sulfonamides is 1. The highest BCUT2D eigenvalue weighted by molar-refractivity contribution is 7.92. The molecule has 0 aliphatic heterocycles. The van der Waals surface area contributed by atoms with Gasteiger partial charge in [-0.15, -0.1) is 0 Å². The SMILES string of the molecule is Cc1ccc(S(=O)(=O)Nc2ccccc2C(=N)N)c(C)c1. The smallest absolute Gasteiger partial charge is 0.262 e. The first-order valence-corrected chi connectivity index (χ1v) is 7.83. The highest BCUT2D eigenvalue weighted by Gasteiger charge is 2.18. The van der Waals surface area contributed by atoms with Crippen LogP contribution in [0.25, 0.3) is 0 Å². The summed E-state index contributed by atoms with van der Waals surface area (Å²) in [5.41, 5.74) is 7.78. The largest absolute Gasteiger partial charge is 0.384 e. The van der Waals surface area contributed by atoms with E-state index in [9.17, 15) is 8.42 Å². The molecule has 0 saturated carbocycles. The van der Waals surface area contributed by atoms with Gasteiger partial charge in [-0.25, -0.2) is 8.42 Å². The number of nitrogens with two attached hydrogens (primary N) is 1. The molecule has 110 valence electrons. The molecule has 0 aromatic heterocycles. The molecule has 0 unspecified atom stereocenters. The fraction of sp³-hybridized carbons (Fsp3) is 0.133. The molecule has 2 rings (SSSR count). The monoisotopic (exact) mass is 303 g/mol. The molecular weight excluding hydrogens is 286 g/mol. The highest BCUT2D eigenvalue weighted by atomic mass is 32.2. The molecule has 0 aliphatic carbocycles. The van der Waals surface area contributed by atoms with E-state index < -0.39 is 10.0 Å². The predicted molar refractivity (Wildman–Crippen MR) is 84.2 cm³/mol. The zero-order valence-corrected chi connectivity index (χ0v) is 12.7. The number of anilines is 1. The van der Waals surface area contributed by atoms with Gasteiger partial charge in [0.15, 0.2) is 0 Å². The molecule has 0 radical (unpaired) electrons. The Morgan fingerprint density at radius 3 is 2.43 bits per heavy atom. The Hall–Kier alpha value is -2.34. The number of nitrogens with one attached hydrogen (secondary N) is 2. The van der Waals surface area contributed by atoms with E-state index in [0.717, 1.165) is 5.56 Å². The van der Waals surface area contributed by atoms with Gasteiger partial charge in [-0.2, -0.15) is 0 Å². The van der Waals surface area contributed by atoms with Crippen molar-refractivity contribution in [3.63, 3.8) is 0 Å². The van der Waals surface area contributed by atoms with Crippen LogP contribution in [0.15, 0.2) is 47.4 Å². The molecule has 21 heavy (non-hydrogen) atoms. The van der Waals surface area contributed by atoms with Crippen molar-refractivity contribution in [3.05, 3.63) is 59.2 Å². The summed E-state index contributed by atoms with van der Waals surface area (Å²) in [6.07, 6.45) is 0. The van der Waals surface area contributed by atoms with Crippen LogP contribution in [0.1, 0.15) is 16.7 Å². The topological polar surface area (TPSA) is 96.0 Å². The molecule has 5 nitrogen and oxygen atoms in total. The second-order valence-corrected chi connectivity index (χ2v) is 6.48. The van der Waals surface area contributed by atoms with Crippen LogP contribution in [0.3, 0.4) is 0 Å². The van der Waals surface area contributed by atoms with Gasteiger partial charge >= 0.3 is 0 Å². The zero-order valence-electron chi connectivity index (χ0n) is 11.8. The fourth-order valence-corrected chi connectivity index (χ4v) is 3.42. The second kappa shape index (κ2) is 5.57. The van der Waals surface area contributed by atoms with Gasteiger partial charge in [0.05, 0.1) is 10.6 Å². The fourth-order valence-electron chi connectivity index (χ4n) is 2.11. The Morgan fingerprint density at radius 1 is 1.14 bits per heavy atom. The van der Waals surface area contributed by atoms with E-state index in [4.69, 9.17) is 11.1 Å². The van der Waals surface area contributed by atoms with Crippen LogP contribution in [-0.4, -0.2) is 14.3 Å². The van der Waals surface area contributed by atoms with Gasteiger partial charge in [0.1, 0.15) is 5.84 Å². The average molecular weight is 303 g/mol. The highest BCUT2D eigenvalue weighted by Crippen LogP contribution is 2.22. The lowest BCUT2D eigenvalue weighted by atomic mass is 10.2. The number of amidine groups is 1. The van der Waals surface area contributed by atoms with Crippen LogP contribution in [0, 0.1) is 19.3 Å². The Kier molecular flexibility index (Phi) is 3.99. The van der Waals surface area contributed by atoms with Crippen LogP contribution in [0.4, 0.5) is 5.69 Å². The van der Waals surface area contributed by atoms with Gasteiger partial charge in [0.25, 0.3) is 10.0 Å². The van der Waals surface area contributed by atoms with Crippen molar-refractivity contribution < 1.29 is 8.42 Å². The number of benzene rings is 2. The van der Waals surface area contributed by atoms with E-state index in [-0.39, 0.29) is 10.7 Å². The van der Waals surface area contributed by atoms with E-state index in [1.807, 2.05) is 13.0 Å². The van der Waals surface area contributed by atoms with Crippen LogP contribution in [0.2, 0.25) is 0 Å². The van der Waals surface area contributed by atoms with E-state index in [1.165, 1.54) is 0 Å². The van der Waals surface area contributed by atoms with Crippen molar-refractivity contribution >= 4 is 21.5 Å². The third kappa shape index (κ3) is 3.22. The quantitative estimate of drug-likeness (QED) is 0.597. The summed E-state index contributed by atoms with van der Waals surface area (Å²) in [5.74, 6) is -0.186. The molecule has 0 amide bonds. The number of rotatable bonds is 4. The molecule has 4 N–H and O–H groups in total. The van der Waals surface area contributed by atoms with Crippen LogP contribution >= 0.6 is 0 Å². The number of hydrogen-bond donors (Lipinski definition) is 3. The zero-order chi connectivity index (χ0) is 15.6. The first-order chi connectivity index (χ1) is 9.81. The Labute approximate surface area is 124 Å². The maximum atomic E-state index is 12.5. The van der Waals surface area contributed by atoms with Crippen LogP contribution in [-0.2, 0) is 10.0 Å². The van der Waals surface area contributed by atoms with Gasteiger partial charge in [0.2, 0.25) is 0 Å². The Bertz CT molecular complexity index is 798. The van der Waals surface area contributed by atoms with Gasteiger partial charge in [-0.1, -0.05) is 29.8 Å². The first kappa shape index (κ1) is 15.1. The summed E-state index contributed by atoms with van der Waals surface area (Å²) in [5, 5.41) is 7.50. The molecule has 6 heteroatoms. The summed E-state index contributed by atoms with van der Waals surface area (Å²) in [7, 11) is -3.72. The van der Waals surface area contributed by atoms with Gasteiger partial charge in [0, 0.05) is 5.56 Å². The molecule has 0 bridgehead atoms. The summed E-state index contributed by atoms with van der Waals surface area (Å²) < 4.78 is 27.5. The van der Waals surface area contributed by atoms with E-state index in [1.54, 1.807) is 43.3 Å². The molecule has 2 aromatic rings. The molecule has 2 aromatic carbocycles. The van der Waals surface area contributed by atoms with E-state index in [0.29, 0.717) is 16.8 Å². The number of aryl methyl sites for hydroxylation is 2. The maximum Gasteiger partial charge on any atom is 0.262 e. The average Bonchev–Trinajstić information content (AvgIpc) is 2.37. The minimum Gasteiger partial charge on any atom is -0.384 e. The number of para-hydroxylation sites is 1. The summed E-state index contributed by atoms with van der Waals surface area (Å²) in [6, 6.07) is 11.7. The Balaban J connectivity index is 2.45. The van der Waals surface area contributed by atoms with Crippen molar-refractivity contribution in [2.24, 2.45) is 5.73 Å². The molecule has 0 aliphatic rings. The maximum absolute atomic E-state index is 12.5. The molecule has 0 atom stereocenters. The number of nitrogen functional groups attached to an aromatic ring is 1. The first-order valence-electron chi connectivity index (χ1n) is 6.35. The molecule has 0 fully saturated rings. The third-order valence-electron chi connectivity index (χ3n) is 3.08. The standard InChI is InChI=1S/C15H17N3O2S/c1-10-7-8-14(11(2)9-10)21(19,20)18-13-6-4-3-5-12(13)15(16)17/h3-9,18H,1-2H3,(H3,16,17). The van der Waals surface area contributed by atoms with Crippen LogP contribution in [0.5, 0.6) is 0 Å². The van der Waals surface area contributed by atoms with Crippen LogP contribution < -0.4 is 10.5 Å². The third-order valence-corrected chi connectivity index (χ3v) is 4.61.